The Balaban J connectivity index is 1.44. The van der Waals surface area contributed by atoms with E-state index >= 15 is 0 Å². The van der Waals surface area contributed by atoms with Crippen LogP contribution in [0.2, 0.25) is 0 Å². The van der Waals surface area contributed by atoms with Crippen LogP contribution in [-0.2, 0) is 0 Å². The zero-order chi connectivity index (χ0) is 18.4. The molecular weight excluding hydrogens is 348 g/mol. The molecule has 0 unspecified atom stereocenters. The Morgan fingerprint density at radius 1 is 1.04 bits per heavy atom. The second kappa shape index (κ2) is 5.07. The Bertz CT molecular complexity index is 1240. The molecule has 5 atom stereocenters. The maximum Gasteiger partial charge on any atom is 0.153 e. The highest BCUT2D eigenvalue weighted by Crippen LogP contribution is 2.64. The number of anilines is 2. The van der Waals surface area contributed by atoms with E-state index in [1.807, 2.05) is 6.20 Å². The predicted molar refractivity (Wildman–Crippen MR) is 110 cm³/mol. The van der Waals surface area contributed by atoms with Gasteiger partial charge in [0.05, 0.1) is 23.3 Å². The van der Waals surface area contributed by atoms with Gasteiger partial charge in [-0.1, -0.05) is 6.07 Å². The minimum absolute atomic E-state index is 0.312. The first kappa shape index (κ1) is 15.0. The zero-order valence-corrected chi connectivity index (χ0v) is 15.4. The van der Waals surface area contributed by atoms with E-state index < -0.39 is 0 Å². The van der Waals surface area contributed by atoms with Crippen molar-refractivity contribution in [2.24, 2.45) is 17.8 Å². The number of nitrogens with one attached hydrogen (secondary N) is 3. The predicted octanol–water partition coefficient (Wildman–Crippen LogP) is 4.32. The summed E-state index contributed by atoms with van der Waals surface area (Å²) in [5.74, 6) is 3.37. The van der Waals surface area contributed by atoms with Crippen LogP contribution in [-0.4, -0.2) is 20.4 Å². The summed E-state index contributed by atoms with van der Waals surface area (Å²) >= 11 is 0. The SMILES string of the molecule is Nc1n[nH]c2ccc([C@@H]3Nc4ccc5cn[nH]c5c4[C@H]4[C@@H]5CC[C@@H](C5)[C@H]43)cc12. The normalized spacial score (nSPS) is 30.5. The van der Waals surface area contributed by atoms with Gasteiger partial charge in [0.2, 0.25) is 0 Å². The lowest BCUT2D eigenvalue weighted by molar-refractivity contribution is 0.249. The second-order valence-electron chi connectivity index (χ2n) is 8.83. The van der Waals surface area contributed by atoms with E-state index in [1.54, 1.807) is 0 Å². The number of hydrogen-bond donors (Lipinski definition) is 4. The summed E-state index contributed by atoms with van der Waals surface area (Å²) in [5.41, 5.74) is 12.4. The number of nitrogens with zero attached hydrogens (tertiary/aromatic N) is 2. The molecule has 2 aromatic heterocycles. The van der Waals surface area contributed by atoms with E-state index in [-0.39, 0.29) is 0 Å². The van der Waals surface area contributed by atoms with Crippen LogP contribution in [0.3, 0.4) is 0 Å². The van der Waals surface area contributed by atoms with Gasteiger partial charge < -0.3 is 11.1 Å². The Labute approximate surface area is 161 Å². The van der Waals surface area contributed by atoms with Gasteiger partial charge in [-0.3, -0.25) is 10.2 Å². The van der Waals surface area contributed by atoms with Crippen molar-refractivity contribution >= 4 is 33.3 Å². The van der Waals surface area contributed by atoms with Crippen molar-refractivity contribution in [2.75, 3.05) is 11.1 Å². The number of hydrogen-bond acceptors (Lipinski definition) is 4. The summed E-state index contributed by atoms with van der Waals surface area (Å²) in [6.07, 6.45) is 6.01. The molecule has 1 aliphatic heterocycles. The van der Waals surface area contributed by atoms with Gasteiger partial charge in [-0.15, -0.1) is 0 Å². The molecule has 0 radical (unpaired) electrons. The molecule has 4 aromatic rings. The topological polar surface area (TPSA) is 95.4 Å². The molecule has 0 amide bonds. The van der Waals surface area contributed by atoms with Crippen LogP contribution >= 0.6 is 0 Å². The maximum atomic E-state index is 6.10. The lowest BCUT2D eigenvalue weighted by Gasteiger charge is -2.43. The van der Waals surface area contributed by atoms with Crippen LogP contribution in [0.1, 0.15) is 42.3 Å². The van der Waals surface area contributed by atoms with Gasteiger partial charge in [0, 0.05) is 22.0 Å². The van der Waals surface area contributed by atoms with Crippen LogP contribution in [0.4, 0.5) is 11.5 Å². The van der Waals surface area contributed by atoms with E-state index in [0.29, 0.717) is 23.7 Å². The first-order valence-corrected chi connectivity index (χ1v) is 10.2. The maximum absolute atomic E-state index is 6.10. The first-order chi connectivity index (χ1) is 13.8. The Hall–Kier alpha value is -3.02. The molecule has 6 nitrogen and oxygen atoms in total. The van der Waals surface area contributed by atoms with Gasteiger partial charge in [0.25, 0.3) is 0 Å². The number of rotatable bonds is 1. The lowest BCUT2D eigenvalue weighted by atomic mass is 9.67. The van der Waals surface area contributed by atoms with Crippen molar-refractivity contribution in [2.45, 2.75) is 31.2 Å². The minimum Gasteiger partial charge on any atom is -0.382 e. The fourth-order valence-corrected chi connectivity index (χ4v) is 6.57. The Morgan fingerprint density at radius 3 is 2.93 bits per heavy atom. The molecule has 6 heteroatoms. The molecule has 2 aromatic carbocycles. The Morgan fingerprint density at radius 2 is 1.96 bits per heavy atom. The van der Waals surface area contributed by atoms with E-state index in [4.69, 9.17) is 5.73 Å². The summed E-state index contributed by atoms with van der Waals surface area (Å²) < 4.78 is 0. The third-order valence-electron chi connectivity index (χ3n) is 7.64. The molecule has 2 saturated carbocycles. The zero-order valence-electron chi connectivity index (χ0n) is 15.4. The molecule has 2 bridgehead atoms. The van der Waals surface area contributed by atoms with Crippen molar-refractivity contribution in [3.63, 3.8) is 0 Å². The highest BCUT2D eigenvalue weighted by atomic mass is 15.1. The molecule has 3 aliphatic rings. The van der Waals surface area contributed by atoms with Gasteiger partial charge in [-0.2, -0.15) is 10.2 Å². The van der Waals surface area contributed by atoms with Crippen molar-refractivity contribution < 1.29 is 0 Å². The molecular formula is C22H22N6. The molecule has 7 rings (SSSR count). The highest BCUT2D eigenvalue weighted by Gasteiger charge is 2.54. The number of H-pyrrole nitrogens is 2. The Kier molecular flexibility index (Phi) is 2.71. The molecule has 2 fully saturated rings. The van der Waals surface area contributed by atoms with Crippen molar-refractivity contribution in [3.05, 3.63) is 47.7 Å². The van der Waals surface area contributed by atoms with Crippen LogP contribution in [0.15, 0.2) is 36.5 Å². The van der Waals surface area contributed by atoms with Crippen LogP contribution in [0.25, 0.3) is 21.8 Å². The molecule has 28 heavy (non-hydrogen) atoms. The number of benzene rings is 2. The summed E-state index contributed by atoms with van der Waals surface area (Å²) in [5, 5.41) is 20.9. The highest BCUT2D eigenvalue weighted by molar-refractivity contribution is 5.90. The third kappa shape index (κ3) is 1.78. The number of fused-ring (bicyclic) bond motifs is 10. The van der Waals surface area contributed by atoms with Gasteiger partial charge in [-0.05, 0) is 72.8 Å². The van der Waals surface area contributed by atoms with Crippen LogP contribution in [0, 0.1) is 17.8 Å². The van der Waals surface area contributed by atoms with E-state index in [0.717, 1.165) is 22.7 Å². The van der Waals surface area contributed by atoms with Crippen LogP contribution in [0.5, 0.6) is 0 Å². The molecule has 3 heterocycles. The van der Waals surface area contributed by atoms with Gasteiger partial charge in [0.15, 0.2) is 5.82 Å². The largest absolute Gasteiger partial charge is 0.382 e. The number of aromatic amines is 2. The first-order valence-electron chi connectivity index (χ1n) is 10.2. The number of aromatic nitrogens is 4. The van der Waals surface area contributed by atoms with E-state index in [1.165, 1.54) is 47.0 Å². The summed E-state index contributed by atoms with van der Waals surface area (Å²) in [6.45, 7) is 0. The van der Waals surface area contributed by atoms with E-state index in [2.05, 4.69) is 56.0 Å². The van der Waals surface area contributed by atoms with Crippen molar-refractivity contribution in [1.82, 2.24) is 20.4 Å². The quantitative estimate of drug-likeness (QED) is 0.401. The minimum atomic E-state index is 0.312. The second-order valence-corrected chi connectivity index (χ2v) is 8.83. The van der Waals surface area contributed by atoms with Crippen molar-refractivity contribution in [3.8, 4) is 0 Å². The number of nitrogen functional groups attached to an aromatic ring is 1. The molecule has 2 aliphatic carbocycles. The fourth-order valence-electron chi connectivity index (χ4n) is 6.57. The molecule has 0 saturated heterocycles. The lowest BCUT2D eigenvalue weighted by Crippen LogP contribution is -2.35. The average molecular weight is 370 g/mol. The summed E-state index contributed by atoms with van der Waals surface area (Å²) in [4.78, 5) is 0. The molecule has 0 spiro atoms. The summed E-state index contributed by atoms with van der Waals surface area (Å²) in [6, 6.07) is 11.3. The smallest absolute Gasteiger partial charge is 0.153 e. The van der Waals surface area contributed by atoms with Crippen molar-refractivity contribution in [1.29, 1.82) is 0 Å². The average Bonchev–Trinajstić information content (AvgIpc) is 3.51. The van der Waals surface area contributed by atoms with E-state index in [9.17, 15) is 0 Å². The van der Waals surface area contributed by atoms with Gasteiger partial charge in [-0.25, -0.2) is 0 Å². The molecule has 5 N–H and O–H groups in total. The number of nitrogens with two attached hydrogens (primary N) is 1. The van der Waals surface area contributed by atoms with Gasteiger partial charge in [0.1, 0.15) is 0 Å². The fraction of sp³-hybridized carbons (Fsp3) is 0.364. The standard InChI is InChI=1S/C22H22N6/c23-22-14-8-12(3-5-15(14)26-28-22)20-18-11-2-1-10(7-11)17(18)19-16(25-20)6-4-13-9-24-27-21(13)19/h3-6,8-11,17-18,20,25H,1-2,7H2,(H,24,27)(H3,23,26,28)/t10-,11+,17+,18-,20+/m1/s1. The monoisotopic (exact) mass is 370 g/mol. The molecule has 140 valence electrons. The summed E-state index contributed by atoms with van der Waals surface area (Å²) in [7, 11) is 0. The third-order valence-corrected chi connectivity index (χ3v) is 7.64. The van der Waals surface area contributed by atoms with Crippen LogP contribution < -0.4 is 11.1 Å². The van der Waals surface area contributed by atoms with Gasteiger partial charge >= 0.3 is 0 Å².